The van der Waals surface area contributed by atoms with Gasteiger partial charge in [-0.25, -0.2) is 8.78 Å². The highest BCUT2D eigenvalue weighted by Gasteiger charge is 2.48. The average Bonchev–Trinajstić information content (AvgIpc) is 2.92. The van der Waals surface area contributed by atoms with Crippen molar-refractivity contribution >= 4 is 40.0 Å². The third-order valence-corrected chi connectivity index (χ3v) is 16.5. The molecule has 6 heteroatoms. The van der Waals surface area contributed by atoms with Gasteiger partial charge in [-0.15, -0.1) is 11.6 Å². The number of carbonyl (C=O) groups is 1. The summed E-state index contributed by atoms with van der Waals surface area (Å²) in [6.45, 7) is 0. The van der Waals surface area contributed by atoms with E-state index in [4.69, 9.17) is 11.6 Å². The Labute approximate surface area is 237 Å². The summed E-state index contributed by atoms with van der Waals surface area (Å²) in [4.78, 5) is 13.1. The van der Waals surface area contributed by atoms with Crippen LogP contribution in [0.15, 0.2) is 0 Å². The van der Waals surface area contributed by atoms with Crippen molar-refractivity contribution in [2.45, 2.75) is 172 Å². The highest BCUT2D eigenvalue weighted by atomic mass is 35.5. The highest BCUT2D eigenvalue weighted by Crippen LogP contribution is 2.45. The molecule has 212 valence electrons. The molecule has 0 aliphatic heterocycles. The van der Waals surface area contributed by atoms with Crippen molar-refractivity contribution in [1.29, 1.82) is 0 Å². The molecule has 2 unspecified atom stereocenters. The fourth-order valence-electron chi connectivity index (χ4n) is 8.31. The average molecular weight is 576 g/mol. The lowest BCUT2D eigenvalue weighted by atomic mass is 9.76. The monoisotopic (exact) mass is 575 g/mol. The van der Waals surface area contributed by atoms with Crippen LogP contribution in [0.2, 0.25) is 0 Å². The Hall–Kier alpha value is 0.520. The molecule has 5 aliphatic carbocycles. The Kier molecular flexibility index (Phi) is 10.9. The lowest BCUT2D eigenvalue weighted by Gasteiger charge is -2.39. The number of rotatable bonds is 7. The maximum atomic E-state index is 13.9. The summed E-state index contributed by atoms with van der Waals surface area (Å²) in [5.74, 6) is 0.866. The molecule has 0 N–H and O–H groups in total. The van der Waals surface area contributed by atoms with Gasteiger partial charge in [-0.1, -0.05) is 12.8 Å². The van der Waals surface area contributed by atoms with Crippen LogP contribution in [-0.4, -0.2) is 49.8 Å². The predicted octanol–water partition coefficient (Wildman–Crippen LogP) is 9.14. The number of thioether (sulfide) groups is 1. The van der Waals surface area contributed by atoms with Gasteiger partial charge in [0.2, 0.25) is 0 Å². The van der Waals surface area contributed by atoms with Gasteiger partial charge in [0.15, 0.2) is 0 Å². The van der Waals surface area contributed by atoms with E-state index in [-0.39, 0.29) is 17.2 Å². The molecule has 0 saturated heterocycles. The molecule has 5 aliphatic rings. The van der Waals surface area contributed by atoms with Crippen LogP contribution in [0.5, 0.6) is 0 Å². The standard InChI is InChI=1S/C31H50ClF2OS2/c32-30-4-2-1-3-29(30)31(35)21-5-11-24(12-6-21)36-25-13-19-28(20-14-25)37(26-15-7-22(33)8-16-26)27-17-9-23(34)10-18-27/h21-30H,1-20H2/q+1. The number of carbonyl (C=O) groups excluding carboxylic acids is 1. The maximum Gasteiger partial charge on any atom is 0.140 e. The van der Waals surface area contributed by atoms with Crippen LogP contribution in [0.3, 0.4) is 0 Å². The van der Waals surface area contributed by atoms with E-state index in [1.807, 2.05) is 0 Å². The van der Waals surface area contributed by atoms with Crippen molar-refractivity contribution in [3.8, 4) is 0 Å². The molecule has 0 heterocycles. The molecule has 0 radical (unpaired) electrons. The van der Waals surface area contributed by atoms with E-state index >= 15 is 0 Å². The van der Waals surface area contributed by atoms with E-state index in [0.717, 1.165) is 92.8 Å². The normalized spacial score (nSPS) is 44.7. The fraction of sp³-hybridized carbons (Fsp3) is 0.968. The predicted molar refractivity (Wildman–Crippen MR) is 158 cm³/mol. The van der Waals surface area contributed by atoms with Crippen molar-refractivity contribution in [1.82, 2.24) is 0 Å². The highest BCUT2D eigenvalue weighted by molar-refractivity contribution is 8.00. The summed E-state index contributed by atoms with van der Waals surface area (Å²) < 4.78 is 27.9. The van der Waals surface area contributed by atoms with Gasteiger partial charge in [-0.3, -0.25) is 4.79 Å². The fourth-order valence-corrected chi connectivity index (χ4v) is 14.4. The Morgan fingerprint density at radius 1 is 0.595 bits per heavy atom. The van der Waals surface area contributed by atoms with Crippen LogP contribution >= 0.6 is 23.4 Å². The van der Waals surface area contributed by atoms with Crippen molar-refractivity contribution in [3.05, 3.63) is 0 Å². The molecular formula is C31H50ClF2OS2+. The first kappa shape index (κ1) is 29.0. The minimum absolute atomic E-state index is 0.0760. The van der Waals surface area contributed by atoms with Gasteiger partial charge in [-0.2, -0.15) is 11.8 Å². The van der Waals surface area contributed by atoms with Crippen LogP contribution in [0.4, 0.5) is 8.78 Å². The Morgan fingerprint density at radius 3 is 1.51 bits per heavy atom. The molecule has 2 atom stereocenters. The van der Waals surface area contributed by atoms with Crippen LogP contribution in [-0.2, 0) is 15.7 Å². The molecule has 1 nitrogen and oxygen atoms in total. The van der Waals surface area contributed by atoms with E-state index in [2.05, 4.69) is 11.8 Å². The van der Waals surface area contributed by atoms with E-state index < -0.39 is 12.3 Å². The molecular weight excluding hydrogens is 526 g/mol. The second-order valence-electron chi connectivity index (χ2n) is 13.0. The van der Waals surface area contributed by atoms with E-state index in [1.54, 1.807) is 0 Å². The van der Waals surface area contributed by atoms with Gasteiger partial charge in [0, 0.05) is 27.7 Å². The van der Waals surface area contributed by atoms with Crippen molar-refractivity contribution < 1.29 is 13.6 Å². The van der Waals surface area contributed by atoms with Crippen LogP contribution in [0, 0.1) is 11.8 Å². The summed E-state index contributed by atoms with van der Waals surface area (Å²) in [6.07, 6.45) is 20.4. The Balaban J connectivity index is 1.08. The number of halogens is 3. The molecule has 0 spiro atoms. The minimum Gasteiger partial charge on any atom is -0.299 e. The maximum absolute atomic E-state index is 13.9. The molecule has 0 amide bonds. The summed E-state index contributed by atoms with van der Waals surface area (Å²) in [5.41, 5.74) is 0. The van der Waals surface area contributed by atoms with Crippen molar-refractivity contribution in [3.63, 3.8) is 0 Å². The van der Waals surface area contributed by atoms with Gasteiger partial charge in [0.25, 0.3) is 0 Å². The molecule has 5 saturated carbocycles. The molecule has 0 aromatic carbocycles. The van der Waals surface area contributed by atoms with Gasteiger partial charge in [0.05, 0.1) is 0 Å². The second-order valence-corrected chi connectivity index (χ2v) is 18.0. The van der Waals surface area contributed by atoms with Gasteiger partial charge < -0.3 is 0 Å². The lowest BCUT2D eigenvalue weighted by molar-refractivity contribution is -0.128. The first-order valence-corrected chi connectivity index (χ1v) is 18.6. The Bertz CT molecular complexity index is 686. The minimum atomic E-state index is -0.583. The number of Topliss-reactive ketones (excluding diaryl/α,β-unsaturated/α-hetero) is 1. The van der Waals surface area contributed by atoms with Gasteiger partial charge in [0.1, 0.15) is 33.9 Å². The number of hydrogen-bond acceptors (Lipinski definition) is 2. The zero-order chi connectivity index (χ0) is 25.8. The zero-order valence-electron chi connectivity index (χ0n) is 22.8. The first-order chi connectivity index (χ1) is 18.0. The summed E-state index contributed by atoms with van der Waals surface area (Å²) in [5, 5.41) is 3.77. The zero-order valence-corrected chi connectivity index (χ0v) is 25.2. The smallest absolute Gasteiger partial charge is 0.140 e. The topological polar surface area (TPSA) is 17.1 Å². The molecule has 0 aromatic heterocycles. The van der Waals surface area contributed by atoms with Crippen LogP contribution in [0.1, 0.15) is 128 Å². The molecule has 0 bridgehead atoms. The van der Waals surface area contributed by atoms with Crippen molar-refractivity contribution in [2.75, 3.05) is 0 Å². The molecule has 5 rings (SSSR count). The quantitative estimate of drug-likeness (QED) is 0.222. The largest absolute Gasteiger partial charge is 0.299 e. The summed E-state index contributed by atoms with van der Waals surface area (Å²) in [6, 6.07) is 0. The van der Waals surface area contributed by atoms with Gasteiger partial charge in [-0.05, 0) is 126 Å². The van der Waals surface area contributed by atoms with E-state index in [1.165, 1.54) is 51.4 Å². The number of alkyl halides is 3. The van der Waals surface area contributed by atoms with E-state index in [0.29, 0.717) is 27.2 Å². The summed E-state index contributed by atoms with van der Waals surface area (Å²) >= 11 is 8.79. The first-order valence-electron chi connectivity index (χ1n) is 15.8. The summed E-state index contributed by atoms with van der Waals surface area (Å²) in [7, 11) is 0.358. The van der Waals surface area contributed by atoms with Crippen LogP contribution < -0.4 is 0 Å². The van der Waals surface area contributed by atoms with Crippen molar-refractivity contribution in [2.24, 2.45) is 11.8 Å². The Morgan fingerprint density at radius 2 is 1.03 bits per heavy atom. The molecule has 0 aromatic rings. The molecule has 5 fully saturated rings. The SMILES string of the molecule is O=C(C1CCC(SC2CCC([S+](C3CCC(F)CC3)C3CCC(F)CC3)CC2)CC1)C1CCCCC1Cl. The third kappa shape index (κ3) is 7.63. The number of ketones is 1. The van der Waals surface area contributed by atoms with E-state index in [9.17, 15) is 13.6 Å². The van der Waals surface area contributed by atoms with Gasteiger partial charge >= 0.3 is 0 Å². The lowest BCUT2D eigenvalue weighted by Crippen LogP contribution is -2.45. The number of hydrogen-bond donors (Lipinski definition) is 0. The molecule has 37 heavy (non-hydrogen) atoms. The van der Waals surface area contributed by atoms with Crippen LogP contribution in [0.25, 0.3) is 0 Å². The third-order valence-electron chi connectivity index (χ3n) is 10.5. The second kappa shape index (κ2) is 13.9.